The number of amides is 2. The van der Waals surface area contributed by atoms with Crippen LogP contribution in [-0.4, -0.2) is 62.3 Å². The minimum absolute atomic E-state index is 0.135. The zero-order valence-electron chi connectivity index (χ0n) is 22.2. The number of methoxy groups -OCH3 is 3. The molecule has 39 heavy (non-hydrogen) atoms. The summed E-state index contributed by atoms with van der Waals surface area (Å²) in [5.74, 6) is 0.839. The Hall–Kier alpha value is -4.50. The lowest BCUT2D eigenvalue weighted by Crippen LogP contribution is -2.50. The highest BCUT2D eigenvalue weighted by molar-refractivity contribution is 5.96. The van der Waals surface area contributed by atoms with Crippen LogP contribution in [-0.2, 0) is 22.7 Å². The van der Waals surface area contributed by atoms with Crippen LogP contribution in [0.2, 0.25) is 0 Å². The first-order valence-corrected chi connectivity index (χ1v) is 12.4. The zero-order chi connectivity index (χ0) is 27.6. The van der Waals surface area contributed by atoms with Gasteiger partial charge in [-0.25, -0.2) is 4.79 Å². The summed E-state index contributed by atoms with van der Waals surface area (Å²) in [6.07, 6.45) is 2.58. The molecule has 0 aliphatic carbocycles. The van der Waals surface area contributed by atoms with Crippen molar-refractivity contribution in [2.45, 2.75) is 19.3 Å². The van der Waals surface area contributed by atoms with Crippen molar-refractivity contribution in [3.8, 4) is 17.2 Å². The molecule has 0 saturated heterocycles. The first-order chi connectivity index (χ1) is 19.0. The molecule has 0 radical (unpaired) electrons. The van der Waals surface area contributed by atoms with Gasteiger partial charge in [0.15, 0.2) is 11.5 Å². The van der Waals surface area contributed by atoms with Crippen LogP contribution >= 0.6 is 0 Å². The summed E-state index contributed by atoms with van der Waals surface area (Å²) in [5.41, 5.74) is 2.23. The minimum Gasteiger partial charge on any atom is -0.493 e. The molecule has 0 saturated carbocycles. The maximum atomic E-state index is 13.5. The van der Waals surface area contributed by atoms with E-state index in [9.17, 15) is 9.59 Å². The predicted molar refractivity (Wildman–Crippen MR) is 145 cm³/mol. The van der Waals surface area contributed by atoms with Crippen molar-refractivity contribution in [3.05, 3.63) is 102 Å². The number of ether oxygens (including phenoxy) is 5. The van der Waals surface area contributed by atoms with Gasteiger partial charge in [0.25, 0.3) is 5.91 Å². The number of benzene rings is 3. The summed E-state index contributed by atoms with van der Waals surface area (Å²) < 4.78 is 27.7. The van der Waals surface area contributed by atoms with Gasteiger partial charge in [-0.05, 0) is 23.3 Å². The van der Waals surface area contributed by atoms with Crippen LogP contribution in [0.4, 0.5) is 4.79 Å². The summed E-state index contributed by atoms with van der Waals surface area (Å²) in [6, 6.07) is 21.9. The topological polar surface area (TPSA) is 86.8 Å². The molecule has 0 bridgehead atoms. The van der Waals surface area contributed by atoms with Crippen LogP contribution in [0.25, 0.3) is 0 Å². The van der Waals surface area contributed by atoms with Gasteiger partial charge in [0, 0.05) is 24.5 Å². The minimum atomic E-state index is -0.525. The molecule has 4 rings (SSSR count). The third kappa shape index (κ3) is 6.88. The molecular weight excluding hydrogens is 500 g/mol. The SMILES string of the molecule is COc1cc(C(=O)N2C=CN(C(=O)OCc3ccccc3)[C@H](COCc3ccccc3)C2)cc(OC)c1OC. The average molecular weight is 533 g/mol. The molecule has 0 unspecified atom stereocenters. The fourth-order valence-electron chi connectivity index (χ4n) is 4.19. The molecule has 1 heterocycles. The number of hydrogen-bond donors (Lipinski definition) is 0. The van der Waals surface area contributed by atoms with E-state index in [1.807, 2.05) is 60.7 Å². The highest BCUT2D eigenvalue weighted by Gasteiger charge is 2.32. The lowest BCUT2D eigenvalue weighted by molar-refractivity contribution is 0.0339. The van der Waals surface area contributed by atoms with Gasteiger partial charge in [-0.3, -0.25) is 9.69 Å². The first-order valence-electron chi connectivity index (χ1n) is 12.4. The van der Waals surface area contributed by atoms with Crippen LogP contribution in [0.3, 0.4) is 0 Å². The van der Waals surface area contributed by atoms with E-state index in [1.165, 1.54) is 31.1 Å². The summed E-state index contributed by atoms with van der Waals surface area (Å²) in [5, 5.41) is 0. The number of rotatable bonds is 10. The van der Waals surface area contributed by atoms with E-state index >= 15 is 0 Å². The van der Waals surface area contributed by atoms with Crippen LogP contribution in [0.15, 0.2) is 85.2 Å². The maximum absolute atomic E-state index is 13.5. The Kier molecular flexibility index (Phi) is 9.42. The summed E-state index contributed by atoms with van der Waals surface area (Å²) in [6.45, 7) is 0.893. The summed E-state index contributed by atoms with van der Waals surface area (Å²) in [4.78, 5) is 29.5. The third-order valence-corrected chi connectivity index (χ3v) is 6.22. The Morgan fingerprint density at radius 2 is 1.38 bits per heavy atom. The van der Waals surface area contributed by atoms with E-state index in [0.717, 1.165) is 11.1 Å². The van der Waals surface area contributed by atoms with E-state index in [0.29, 0.717) is 29.4 Å². The highest BCUT2D eigenvalue weighted by Crippen LogP contribution is 2.38. The van der Waals surface area contributed by atoms with Crippen LogP contribution < -0.4 is 14.2 Å². The molecule has 0 aromatic heterocycles. The van der Waals surface area contributed by atoms with Crippen molar-refractivity contribution in [2.75, 3.05) is 34.5 Å². The normalized spacial score (nSPS) is 14.6. The van der Waals surface area contributed by atoms with E-state index in [1.54, 1.807) is 24.5 Å². The zero-order valence-corrected chi connectivity index (χ0v) is 22.2. The maximum Gasteiger partial charge on any atom is 0.414 e. The van der Waals surface area contributed by atoms with E-state index in [4.69, 9.17) is 23.7 Å². The second kappa shape index (κ2) is 13.3. The van der Waals surface area contributed by atoms with Gasteiger partial charge >= 0.3 is 6.09 Å². The van der Waals surface area contributed by atoms with Gasteiger partial charge in [0.05, 0.1) is 40.6 Å². The fourth-order valence-corrected chi connectivity index (χ4v) is 4.19. The van der Waals surface area contributed by atoms with Gasteiger partial charge in [-0.2, -0.15) is 0 Å². The molecule has 1 aliphatic heterocycles. The molecular formula is C30H32N2O7. The van der Waals surface area contributed by atoms with Gasteiger partial charge in [-0.1, -0.05) is 60.7 Å². The van der Waals surface area contributed by atoms with Crippen LogP contribution in [0.1, 0.15) is 21.5 Å². The second-order valence-electron chi connectivity index (χ2n) is 8.77. The Bertz CT molecular complexity index is 1260. The number of hydrogen-bond acceptors (Lipinski definition) is 7. The molecule has 1 aliphatic rings. The molecule has 9 nitrogen and oxygen atoms in total. The smallest absolute Gasteiger partial charge is 0.414 e. The largest absolute Gasteiger partial charge is 0.493 e. The second-order valence-corrected chi connectivity index (χ2v) is 8.77. The molecule has 204 valence electrons. The average Bonchev–Trinajstić information content (AvgIpc) is 2.99. The Morgan fingerprint density at radius 1 is 0.795 bits per heavy atom. The number of nitrogens with zero attached hydrogens (tertiary/aromatic N) is 2. The van der Waals surface area contributed by atoms with Gasteiger partial charge < -0.3 is 28.6 Å². The van der Waals surface area contributed by atoms with Gasteiger partial charge in [0.2, 0.25) is 5.75 Å². The lowest BCUT2D eigenvalue weighted by atomic mass is 10.1. The molecule has 2 amide bonds. The first kappa shape index (κ1) is 27.5. The van der Waals surface area contributed by atoms with Crippen molar-refractivity contribution in [2.24, 2.45) is 0 Å². The van der Waals surface area contributed by atoms with Crippen molar-refractivity contribution in [1.29, 1.82) is 0 Å². The Balaban J connectivity index is 1.52. The van der Waals surface area contributed by atoms with Crippen molar-refractivity contribution in [3.63, 3.8) is 0 Å². The molecule has 3 aromatic carbocycles. The Labute approximate surface area is 228 Å². The molecule has 0 spiro atoms. The van der Waals surface area contributed by atoms with Crippen LogP contribution in [0.5, 0.6) is 17.2 Å². The van der Waals surface area contributed by atoms with Gasteiger partial charge in [-0.15, -0.1) is 0 Å². The van der Waals surface area contributed by atoms with Crippen molar-refractivity contribution < 1.29 is 33.3 Å². The number of carbonyl (C=O) groups is 2. The lowest BCUT2D eigenvalue weighted by Gasteiger charge is -2.35. The third-order valence-electron chi connectivity index (χ3n) is 6.22. The molecule has 3 aromatic rings. The van der Waals surface area contributed by atoms with E-state index in [2.05, 4.69) is 0 Å². The molecule has 0 fully saturated rings. The fraction of sp³-hybridized carbons (Fsp3) is 0.267. The number of carbonyl (C=O) groups excluding carboxylic acids is 2. The summed E-state index contributed by atoms with van der Waals surface area (Å²) in [7, 11) is 4.48. The molecule has 0 N–H and O–H groups in total. The molecule has 9 heteroatoms. The summed E-state index contributed by atoms with van der Waals surface area (Å²) >= 11 is 0. The highest BCUT2D eigenvalue weighted by atomic mass is 16.6. The predicted octanol–water partition coefficient (Wildman–Crippen LogP) is 4.86. The standard InChI is InChI=1S/C30H32N2O7/c1-35-26-16-24(17-27(36-2)28(26)37-3)29(33)31-14-15-32(30(34)39-20-23-12-8-5-9-13-23)25(18-31)21-38-19-22-10-6-4-7-11-22/h4-17,25H,18-21H2,1-3H3/t25-/m0/s1. The quantitative estimate of drug-likeness (QED) is 0.368. The molecule has 1 atom stereocenters. The monoisotopic (exact) mass is 532 g/mol. The van der Waals surface area contributed by atoms with E-state index in [-0.39, 0.29) is 25.7 Å². The van der Waals surface area contributed by atoms with E-state index < -0.39 is 12.1 Å². The van der Waals surface area contributed by atoms with Crippen molar-refractivity contribution in [1.82, 2.24) is 9.80 Å². The Morgan fingerprint density at radius 3 is 1.95 bits per heavy atom. The van der Waals surface area contributed by atoms with Gasteiger partial charge in [0.1, 0.15) is 6.61 Å². The van der Waals surface area contributed by atoms with Crippen molar-refractivity contribution >= 4 is 12.0 Å². The van der Waals surface area contributed by atoms with Crippen LogP contribution in [0, 0.1) is 0 Å².